The van der Waals surface area contributed by atoms with Gasteiger partial charge in [0.25, 0.3) is 5.91 Å². The van der Waals surface area contributed by atoms with E-state index in [0.29, 0.717) is 0 Å². The van der Waals surface area contributed by atoms with Gasteiger partial charge in [-0.1, -0.05) is 18.2 Å². The molecule has 1 unspecified atom stereocenters. The molecule has 1 spiro atoms. The number of hydrogen-bond acceptors (Lipinski definition) is 2. The number of carbonyl (C=O) groups is 1. The van der Waals surface area contributed by atoms with Gasteiger partial charge in [0, 0.05) is 17.0 Å². The summed E-state index contributed by atoms with van der Waals surface area (Å²) in [5, 5.41) is 2.90. The van der Waals surface area contributed by atoms with Crippen LogP contribution in [0.5, 0.6) is 0 Å². The second-order valence-corrected chi connectivity index (χ2v) is 4.21. The molecule has 2 aliphatic rings. The number of nitrogens with one attached hydrogen (secondary N) is 1. The van der Waals surface area contributed by atoms with E-state index in [2.05, 4.69) is 10.3 Å². The first-order chi connectivity index (χ1) is 7.22. The van der Waals surface area contributed by atoms with Crippen molar-refractivity contribution in [1.29, 1.82) is 0 Å². The summed E-state index contributed by atoms with van der Waals surface area (Å²) in [6.07, 6.45) is 1.73. The smallest absolute Gasteiger partial charge is 0.256 e. The van der Waals surface area contributed by atoms with Gasteiger partial charge in [-0.15, -0.1) is 0 Å². The van der Waals surface area contributed by atoms with E-state index >= 15 is 0 Å². The summed E-state index contributed by atoms with van der Waals surface area (Å²) in [7, 11) is 0. The van der Waals surface area contributed by atoms with Crippen LogP contribution >= 0.6 is 0 Å². The first-order valence-electron chi connectivity index (χ1n) is 5.19. The van der Waals surface area contributed by atoms with Crippen LogP contribution in [0.25, 0.3) is 0 Å². The highest BCUT2D eigenvalue weighted by molar-refractivity contribution is 6.08. The first kappa shape index (κ1) is 8.65. The summed E-state index contributed by atoms with van der Waals surface area (Å²) in [5.74, 6) is 0.0283. The van der Waals surface area contributed by atoms with E-state index in [4.69, 9.17) is 0 Å². The number of fused-ring (bicyclic) bond motifs is 2. The second kappa shape index (κ2) is 2.69. The lowest BCUT2D eigenvalue weighted by molar-refractivity contribution is -0.120. The lowest BCUT2D eigenvalue weighted by Gasteiger charge is -2.17. The molecule has 0 aromatic heterocycles. The molecule has 2 aliphatic heterocycles. The number of para-hydroxylation sites is 1. The monoisotopic (exact) mass is 200 g/mol. The van der Waals surface area contributed by atoms with Crippen molar-refractivity contribution < 1.29 is 4.79 Å². The van der Waals surface area contributed by atoms with Crippen molar-refractivity contribution >= 4 is 17.3 Å². The number of carbonyl (C=O) groups excluding carboxylic acids is 1. The van der Waals surface area contributed by atoms with Gasteiger partial charge in [-0.3, -0.25) is 9.79 Å². The molecule has 0 bridgehead atoms. The van der Waals surface area contributed by atoms with Crippen LogP contribution in [0, 0.1) is 0 Å². The van der Waals surface area contributed by atoms with Gasteiger partial charge in [0.1, 0.15) is 0 Å². The molecular weight excluding hydrogens is 188 g/mol. The van der Waals surface area contributed by atoms with E-state index in [-0.39, 0.29) is 5.91 Å². The number of hydrogen-bond donors (Lipinski definition) is 1. The van der Waals surface area contributed by atoms with Crippen molar-refractivity contribution in [2.75, 3.05) is 5.32 Å². The van der Waals surface area contributed by atoms with Gasteiger partial charge in [-0.05, 0) is 25.8 Å². The zero-order valence-corrected chi connectivity index (χ0v) is 8.58. The van der Waals surface area contributed by atoms with Crippen molar-refractivity contribution in [3.8, 4) is 0 Å². The van der Waals surface area contributed by atoms with E-state index in [1.165, 1.54) is 0 Å². The summed E-state index contributed by atoms with van der Waals surface area (Å²) in [5.41, 5.74) is 2.41. The summed E-state index contributed by atoms with van der Waals surface area (Å²) >= 11 is 0. The first-order valence-corrected chi connectivity index (χ1v) is 5.19. The Morgan fingerprint density at radius 3 is 2.93 bits per heavy atom. The summed E-state index contributed by atoms with van der Waals surface area (Å²) in [6.45, 7) is 1.99. The molecule has 0 saturated heterocycles. The fourth-order valence-electron chi connectivity index (χ4n) is 2.46. The van der Waals surface area contributed by atoms with Crippen LogP contribution in [0.4, 0.5) is 5.69 Å². The Kier molecular flexibility index (Phi) is 1.55. The zero-order valence-electron chi connectivity index (χ0n) is 8.58. The molecule has 0 radical (unpaired) electrons. The van der Waals surface area contributed by atoms with E-state index < -0.39 is 5.54 Å². The molecule has 2 heterocycles. The number of amides is 1. The summed E-state index contributed by atoms with van der Waals surface area (Å²) in [6, 6.07) is 7.83. The third kappa shape index (κ3) is 1.00. The second-order valence-electron chi connectivity index (χ2n) is 4.21. The Bertz CT molecular complexity index is 478. The largest absolute Gasteiger partial charge is 0.323 e. The van der Waals surface area contributed by atoms with Gasteiger partial charge in [0.05, 0.1) is 0 Å². The third-order valence-corrected chi connectivity index (χ3v) is 3.23. The minimum atomic E-state index is -0.610. The SMILES string of the molecule is CC1=NC2(CC1)C(=O)Nc1ccccc12. The molecule has 15 heavy (non-hydrogen) atoms. The van der Waals surface area contributed by atoms with Crippen LogP contribution < -0.4 is 5.32 Å². The quantitative estimate of drug-likeness (QED) is 0.684. The molecule has 76 valence electrons. The van der Waals surface area contributed by atoms with Crippen LogP contribution in [0.3, 0.4) is 0 Å². The number of aliphatic imine (C=N–C) groups is 1. The number of nitrogens with zero attached hydrogens (tertiary/aromatic N) is 1. The molecule has 1 amide bonds. The number of rotatable bonds is 0. The normalized spacial score (nSPS) is 27.8. The predicted octanol–water partition coefficient (Wildman–Crippen LogP) is 2.09. The Morgan fingerprint density at radius 2 is 2.20 bits per heavy atom. The minimum absolute atomic E-state index is 0.0283. The molecule has 1 atom stereocenters. The van der Waals surface area contributed by atoms with E-state index in [1.54, 1.807) is 0 Å². The van der Waals surface area contributed by atoms with Crippen LogP contribution in [0.15, 0.2) is 29.3 Å². The molecule has 3 nitrogen and oxygen atoms in total. The highest BCUT2D eigenvalue weighted by Gasteiger charge is 2.48. The van der Waals surface area contributed by atoms with Crippen molar-refractivity contribution in [2.24, 2.45) is 4.99 Å². The fraction of sp³-hybridized carbons (Fsp3) is 0.333. The van der Waals surface area contributed by atoms with E-state index in [1.807, 2.05) is 31.2 Å². The highest BCUT2D eigenvalue weighted by atomic mass is 16.2. The van der Waals surface area contributed by atoms with Gasteiger partial charge >= 0.3 is 0 Å². The van der Waals surface area contributed by atoms with Crippen molar-refractivity contribution in [1.82, 2.24) is 0 Å². The van der Waals surface area contributed by atoms with Gasteiger partial charge < -0.3 is 5.32 Å². The zero-order chi connectivity index (χ0) is 10.5. The predicted molar refractivity (Wildman–Crippen MR) is 59.1 cm³/mol. The van der Waals surface area contributed by atoms with Gasteiger partial charge in [-0.2, -0.15) is 0 Å². The Balaban J connectivity index is 2.22. The molecule has 1 N–H and O–H groups in total. The third-order valence-electron chi connectivity index (χ3n) is 3.23. The average Bonchev–Trinajstić information content (AvgIpc) is 2.73. The van der Waals surface area contributed by atoms with E-state index in [0.717, 1.165) is 29.8 Å². The van der Waals surface area contributed by atoms with Crippen LogP contribution in [-0.2, 0) is 10.3 Å². The number of anilines is 1. The fourth-order valence-corrected chi connectivity index (χ4v) is 2.46. The summed E-state index contributed by atoms with van der Waals surface area (Å²) < 4.78 is 0. The van der Waals surface area contributed by atoms with Crippen LogP contribution in [-0.4, -0.2) is 11.6 Å². The average molecular weight is 200 g/mol. The molecule has 1 aromatic carbocycles. The van der Waals surface area contributed by atoms with Crippen LogP contribution in [0.1, 0.15) is 25.3 Å². The standard InChI is InChI=1S/C12H12N2O/c1-8-6-7-12(14-8)9-4-2-3-5-10(9)13-11(12)15/h2-5H,6-7H2,1H3,(H,13,15). The summed E-state index contributed by atoms with van der Waals surface area (Å²) in [4.78, 5) is 16.5. The Labute approximate surface area is 88.2 Å². The number of benzene rings is 1. The Hall–Kier alpha value is -1.64. The molecular formula is C12H12N2O. The van der Waals surface area contributed by atoms with Crippen molar-refractivity contribution in [3.05, 3.63) is 29.8 Å². The molecule has 0 saturated carbocycles. The molecule has 3 rings (SSSR count). The van der Waals surface area contributed by atoms with Gasteiger partial charge in [0.15, 0.2) is 5.54 Å². The van der Waals surface area contributed by atoms with Gasteiger partial charge in [-0.25, -0.2) is 0 Å². The minimum Gasteiger partial charge on any atom is -0.323 e. The topological polar surface area (TPSA) is 41.5 Å². The molecule has 1 aromatic rings. The lowest BCUT2D eigenvalue weighted by atomic mass is 9.89. The van der Waals surface area contributed by atoms with Crippen molar-refractivity contribution in [3.63, 3.8) is 0 Å². The lowest BCUT2D eigenvalue weighted by Crippen LogP contribution is -2.29. The molecule has 0 aliphatic carbocycles. The maximum atomic E-state index is 12.0. The Morgan fingerprint density at radius 1 is 1.40 bits per heavy atom. The van der Waals surface area contributed by atoms with Crippen molar-refractivity contribution in [2.45, 2.75) is 25.3 Å². The van der Waals surface area contributed by atoms with Gasteiger partial charge in [0.2, 0.25) is 0 Å². The maximum absolute atomic E-state index is 12.0. The molecule has 0 fully saturated rings. The highest BCUT2D eigenvalue weighted by Crippen LogP contribution is 2.45. The molecule has 3 heteroatoms. The van der Waals surface area contributed by atoms with E-state index in [9.17, 15) is 4.79 Å². The van der Waals surface area contributed by atoms with Crippen LogP contribution in [0.2, 0.25) is 0 Å². The maximum Gasteiger partial charge on any atom is 0.256 e.